The lowest BCUT2D eigenvalue weighted by atomic mass is 9.96. The zero-order valence-corrected chi connectivity index (χ0v) is 15.6. The molecule has 0 bridgehead atoms. The van der Waals surface area contributed by atoms with Crippen LogP contribution in [0.1, 0.15) is 57.5 Å². The van der Waals surface area contributed by atoms with Crippen LogP contribution in [0.3, 0.4) is 0 Å². The molecular weight excluding hydrogens is 316 g/mol. The first-order chi connectivity index (χ1) is 11.8. The lowest BCUT2D eigenvalue weighted by molar-refractivity contribution is 0.0224. The van der Waals surface area contributed by atoms with Gasteiger partial charge in [0.1, 0.15) is 5.60 Å². The number of aromatic nitrogens is 3. The maximum atomic E-state index is 12.4. The van der Waals surface area contributed by atoms with Crippen molar-refractivity contribution in [3.63, 3.8) is 0 Å². The molecular formula is C19H26N4O2. The molecule has 6 heteroatoms. The molecule has 0 saturated carbocycles. The lowest BCUT2D eigenvalue weighted by Gasteiger charge is -2.30. The minimum absolute atomic E-state index is 0.277. The molecule has 0 aliphatic carbocycles. The number of H-pyrrole nitrogens is 1. The quantitative estimate of drug-likeness (QED) is 0.899. The Balaban J connectivity index is 1.91. The van der Waals surface area contributed by atoms with Crippen LogP contribution in [0.5, 0.6) is 0 Å². The zero-order chi connectivity index (χ0) is 18.2. The highest BCUT2D eigenvalue weighted by atomic mass is 16.6. The van der Waals surface area contributed by atoms with Gasteiger partial charge in [-0.1, -0.05) is 13.8 Å². The fraction of sp³-hybridized carbons (Fsp3) is 0.526. The first-order valence-corrected chi connectivity index (χ1v) is 8.75. The van der Waals surface area contributed by atoms with Crippen molar-refractivity contribution >= 4 is 6.09 Å². The van der Waals surface area contributed by atoms with Crippen LogP contribution >= 0.6 is 0 Å². The van der Waals surface area contributed by atoms with E-state index in [0.29, 0.717) is 19.0 Å². The number of hydrogen-bond donors (Lipinski definition) is 1. The van der Waals surface area contributed by atoms with Crippen molar-refractivity contribution in [3.8, 4) is 11.3 Å². The Labute approximate surface area is 148 Å². The highest BCUT2D eigenvalue weighted by Gasteiger charge is 2.29. The normalized spacial score (nSPS) is 14.6. The number of rotatable bonds is 2. The molecule has 0 saturated heterocycles. The predicted octanol–water partition coefficient (Wildman–Crippen LogP) is 3.89. The van der Waals surface area contributed by atoms with Crippen LogP contribution in [0, 0.1) is 0 Å². The van der Waals surface area contributed by atoms with Crippen LogP contribution in [0.2, 0.25) is 0 Å². The first-order valence-electron chi connectivity index (χ1n) is 8.75. The summed E-state index contributed by atoms with van der Waals surface area (Å²) in [4.78, 5) is 18.7. The second kappa shape index (κ2) is 6.50. The number of ether oxygens (including phenoxy) is 1. The third kappa shape index (κ3) is 3.67. The van der Waals surface area contributed by atoms with Gasteiger partial charge in [0.2, 0.25) is 0 Å². The molecule has 3 heterocycles. The average molecular weight is 342 g/mol. The van der Waals surface area contributed by atoms with Crippen LogP contribution in [0.4, 0.5) is 4.79 Å². The lowest BCUT2D eigenvalue weighted by Crippen LogP contribution is -2.39. The van der Waals surface area contributed by atoms with Crippen molar-refractivity contribution in [1.82, 2.24) is 20.1 Å². The average Bonchev–Trinajstić information content (AvgIpc) is 2.96. The topological polar surface area (TPSA) is 71.1 Å². The van der Waals surface area contributed by atoms with E-state index in [0.717, 1.165) is 34.6 Å². The van der Waals surface area contributed by atoms with Gasteiger partial charge in [0, 0.05) is 36.0 Å². The summed E-state index contributed by atoms with van der Waals surface area (Å²) in [7, 11) is 0. The summed E-state index contributed by atoms with van der Waals surface area (Å²) in [5.41, 5.74) is 4.60. The number of fused-ring (bicyclic) bond motifs is 1. The van der Waals surface area contributed by atoms with Gasteiger partial charge in [-0.05, 0) is 38.8 Å². The van der Waals surface area contributed by atoms with E-state index in [9.17, 15) is 4.79 Å². The Morgan fingerprint density at radius 3 is 2.80 bits per heavy atom. The molecule has 134 valence electrons. The molecule has 1 aliphatic heterocycles. The summed E-state index contributed by atoms with van der Waals surface area (Å²) in [5, 5.41) is 7.68. The summed E-state index contributed by atoms with van der Waals surface area (Å²) in [6.07, 6.45) is 2.28. The molecule has 0 radical (unpaired) electrons. The first kappa shape index (κ1) is 17.5. The molecule has 6 nitrogen and oxygen atoms in total. The molecule has 0 atom stereocenters. The molecule has 0 unspecified atom stereocenters. The van der Waals surface area contributed by atoms with Gasteiger partial charge in [-0.2, -0.15) is 5.10 Å². The minimum atomic E-state index is -0.495. The van der Waals surface area contributed by atoms with E-state index in [4.69, 9.17) is 4.74 Å². The van der Waals surface area contributed by atoms with Crippen LogP contribution in [-0.2, 0) is 17.7 Å². The van der Waals surface area contributed by atoms with Crippen molar-refractivity contribution < 1.29 is 9.53 Å². The van der Waals surface area contributed by atoms with Crippen molar-refractivity contribution in [2.24, 2.45) is 0 Å². The van der Waals surface area contributed by atoms with Gasteiger partial charge in [0.15, 0.2) is 0 Å². The van der Waals surface area contributed by atoms with E-state index in [2.05, 4.69) is 29.0 Å². The minimum Gasteiger partial charge on any atom is -0.444 e. The molecule has 1 N–H and O–H groups in total. The van der Waals surface area contributed by atoms with Gasteiger partial charge < -0.3 is 9.64 Å². The van der Waals surface area contributed by atoms with Gasteiger partial charge in [-0.3, -0.25) is 10.1 Å². The number of carbonyl (C=O) groups is 1. The van der Waals surface area contributed by atoms with Gasteiger partial charge in [0.05, 0.1) is 17.9 Å². The van der Waals surface area contributed by atoms with E-state index in [1.807, 2.05) is 39.1 Å². The summed E-state index contributed by atoms with van der Waals surface area (Å²) in [6, 6.07) is 3.97. The van der Waals surface area contributed by atoms with E-state index < -0.39 is 5.60 Å². The fourth-order valence-electron chi connectivity index (χ4n) is 3.08. The largest absolute Gasteiger partial charge is 0.444 e. The van der Waals surface area contributed by atoms with Crippen molar-refractivity contribution in [3.05, 3.63) is 35.3 Å². The van der Waals surface area contributed by atoms with Crippen LogP contribution in [-0.4, -0.2) is 38.3 Å². The molecule has 1 aliphatic rings. The number of nitrogens with zero attached hydrogens (tertiary/aromatic N) is 3. The molecule has 1 amide bonds. The zero-order valence-electron chi connectivity index (χ0n) is 15.6. The SMILES string of the molecule is CC(C)c1ncccc1-c1n[nH]c2c1CN(C(=O)OC(C)(C)C)CC2. The number of aromatic amines is 1. The summed E-state index contributed by atoms with van der Waals surface area (Å²) < 4.78 is 5.52. The maximum absolute atomic E-state index is 12.4. The highest BCUT2D eigenvalue weighted by molar-refractivity contribution is 5.71. The van der Waals surface area contributed by atoms with E-state index >= 15 is 0 Å². The molecule has 0 fully saturated rings. The number of amides is 1. The van der Waals surface area contributed by atoms with E-state index in [1.54, 1.807) is 4.90 Å². The second-order valence-electron chi connectivity index (χ2n) is 7.77. The highest BCUT2D eigenvalue weighted by Crippen LogP contribution is 2.32. The molecule has 0 spiro atoms. The molecule has 25 heavy (non-hydrogen) atoms. The third-order valence-electron chi connectivity index (χ3n) is 4.23. The number of pyridine rings is 1. The Morgan fingerprint density at radius 2 is 2.12 bits per heavy atom. The Hall–Kier alpha value is -2.37. The summed E-state index contributed by atoms with van der Waals surface area (Å²) >= 11 is 0. The molecule has 2 aromatic heterocycles. The predicted molar refractivity (Wildman–Crippen MR) is 96.3 cm³/mol. The summed E-state index contributed by atoms with van der Waals surface area (Å²) in [6.45, 7) is 11.0. The van der Waals surface area contributed by atoms with Gasteiger partial charge in [-0.15, -0.1) is 0 Å². The second-order valence-corrected chi connectivity index (χ2v) is 7.77. The number of hydrogen-bond acceptors (Lipinski definition) is 4. The van der Waals surface area contributed by atoms with Crippen LogP contribution in [0.25, 0.3) is 11.3 Å². The van der Waals surface area contributed by atoms with Gasteiger partial charge >= 0.3 is 6.09 Å². The Kier molecular flexibility index (Phi) is 4.54. The van der Waals surface area contributed by atoms with E-state index in [1.165, 1.54) is 0 Å². The Bertz CT molecular complexity index is 774. The number of nitrogens with one attached hydrogen (secondary N) is 1. The van der Waals surface area contributed by atoms with E-state index in [-0.39, 0.29) is 6.09 Å². The van der Waals surface area contributed by atoms with Crippen molar-refractivity contribution in [1.29, 1.82) is 0 Å². The van der Waals surface area contributed by atoms with Gasteiger partial charge in [0.25, 0.3) is 0 Å². The monoisotopic (exact) mass is 342 g/mol. The van der Waals surface area contributed by atoms with Crippen LogP contribution < -0.4 is 0 Å². The molecule has 2 aromatic rings. The fourth-order valence-corrected chi connectivity index (χ4v) is 3.08. The smallest absolute Gasteiger partial charge is 0.410 e. The van der Waals surface area contributed by atoms with Crippen molar-refractivity contribution in [2.45, 2.75) is 59.1 Å². The third-order valence-corrected chi connectivity index (χ3v) is 4.23. The van der Waals surface area contributed by atoms with Crippen LogP contribution in [0.15, 0.2) is 18.3 Å². The summed E-state index contributed by atoms with van der Waals surface area (Å²) in [5.74, 6) is 0.300. The number of carbonyl (C=O) groups excluding carboxylic acids is 1. The maximum Gasteiger partial charge on any atom is 0.410 e. The standard InChI is InChI=1S/C19H26N4O2/c1-12(2)16-13(7-6-9-20-16)17-14-11-23(10-8-15(14)21-22-17)18(24)25-19(3,4)5/h6-7,9,12H,8,10-11H2,1-5H3,(H,21,22). The molecule has 0 aromatic carbocycles. The Morgan fingerprint density at radius 1 is 1.36 bits per heavy atom. The van der Waals surface area contributed by atoms with Gasteiger partial charge in [-0.25, -0.2) is 4.79 Å². The molecule has 3 rings (SSSR count). The van der Waals surface area contributed by atoms with Crippen molar-refractivity contribution in [2.75, 3.05) is 6.54 Å².